The molecule has 0 atom stereocenters. The van der Waals surface area contributed by atoms with Gasteiger partial charge in [0.05, 0.1) is 18.8 Å². The molecule has 2 aliphatic rings. The minimum Gasteiger partial charge on any atom is -0.465 e. The molecule has 1 aromatic heterocycles. The quantitative estimate of drug-likeness (QED) is 0.703. The summed E-state index contributed by atoms with van der Waals surface area (Å²) in [6.45, 7) is 0.669. The molecule has 1 aliphatic heterocycles. The van der Waals surface area contributed by atoms with E-state index in [0.717, 1.165) is 48.3 Å². The molecule has 1 aliphatic carbocycles. The van der Waals surface area contributed by atoms with E-state index in [1.165, 1.54) is 0 Å². The molecule has 0 saturated heterocycles. The molecule has 2 amide bonds. The Hall–Kier alpha value is -1.85. The van der Waals surface area contributed by atoms with E-state index in [9.17, 15) is 9.59 Å². The van der Waals surface area contributed by atoms with E-state index in [2.05, 4.69) is 5.10 Å². The molecule has 96 valence electrons. The van der Waals surface area contributed by atoms with Crippen LogP contribution in [0.2, 0.25) is 0 Å². The number of rotatable bonds is 0. The Morgan fingerprint density at radius 3 is 2.72 bits per heavy atom. The minimum atomic E-state index is -1.17. The molecule has 0 spiro atoms. The average Bonchev–Trinajstić information content (AvgIpc) is 2.52. The Morgan fingerprint density at radius 1 is 1.17 bits per heavy atom. The van der Waals surface area contributed by atoms with Crippen molar-refractivity contribution < 1.29 is 14.7 Å². The van der Waals surface area contributed by atoms with Gasteiger partial charge >= 0.3 is 6.09 Å². The van der Waals surface area contributed by atoms with Crippen LogP contribution in [-0.2, 0) is 19.4 Å². The lowest BCUT2D eigenvalue weighted by Crippen LogP contribution is -2.43. The van der Waals surface area contributed by atoms with Crippen LogP contribution in [0.5, 0.6) is 0 Å². The second-order valence-corrected chi connectivity index (χ2v) is 4.80. The van der Waals surface area contributed by atoms with E-state index in [4.69, 9.17) is 5.11 Å². The van der Waals surface area contributed by atoms with Crippen molar-refractivity contribution in [1.82, 2.24) is 14.7 Å². The van der Waals surface area contributed by atoms with Crippen LogP contribution in [0, 0.1) is 0 Å². The van der Waals surface area contributed by atoms with Gasteiger partial charge in [-0.25, -0.2) is 9.69 Å². The number of fused-ring (bicyclic) bond motifs is 3. The zero-order valence-corrected chi connectivity index (χ0v) is 10.1. The third-order valence-corrected chi connectivity index (χ3v) is 3.69. The largest absolute Gasteiger partial charge is 0.465 e. The van der Waals surface area contributed by atoms with Crippen molar-refractivity contribution in [1.29, 1.82) is 0 Å². The highest BCUT2D eigenvalue weighted by atomic mass is 16.4. The molecule has 0 aromatic carbocycles. The summed E-state index contributed by atoms with van der Waals surface area (Å²) < 4.78 is 1.69. The van der Waals surface area contributed by atoms with Gasteiger partial charge in [-0.3, -0.25) is 9.48 Å². The number of imide groups is 1. The van der Waals surface area contributed by atoms with Crippen LogP contribution in [-0.4, -0.2) is 38.3 Å². The van der Waals surface area contributed by atoms with E-state index in [-0.39, 0.29) is 6.54 Å². The van der Waals surface area contributed by atoms with Gasteiger partial charge in [-0.1, -0.05) is 6.42 Å². The van der Waals surface area contributed by atoms with Gasteiger partial charge < -0.3 is 5.11 Å². The second-order valence-electron chi connectivity index (χ2n) is 4.80. The number of amides is 2. The Labute approximate surface area is 104 Å². The van der Waals surface area contributed by atoms with Crippen molar-refractivity contribution >= 4 is 12.0 Å². The normalized spacial score (nSPS) is 19.1. The van der Waals surface area contributed by atoms with Gasteiger partial charge in [-0.15, -0.1) is 0 Å². The van der Waals surface area contributed by atoms with Crippen molar-refractivity contribution in [3.05, 3.63) is 17.0 Å². The Kier molecular flexibility index (Phi) is 2.57. The Balaban J connectivity index is 2.05. The molecular weight excluding hydrogens is 234 g/mol. The van der Waals surface area contributed by atoms with Gasteiger partial charge in [-0.2, -0.15) is 5.10 Å². The highest BCUT2D eigenvalue weighted by molar-refractivity contribution is 6.03. The fourth-order valence-corrected chi connectivity index (χ4v) is 2.79. The highest BCUT2D eigenvalue weighted by Crippen LogP contribution is 2.26. The SMILES string of the molecule is O=C(O)N1CCn2nc3c(c2C1=O)CCCCC3. The Morgan fingerprint density at radius 2 is 1.94 bits per heavy atom. The predicted octanol–water partition coefficient (Wildman–Crippen LogP) is 1.29. The first-order valence-electron chi connectivity index (χ1n) is 6.32. The molecule has 2 heterocycles. The molecule has 0 bridgehead atoms. The molecule has 0 radical (unpaired) electrons. The Bertz CT molecular complexity index is 521. The first-order chi connectivity index (χ1) is 8.68. The fourth-order valence-electron chi connectivity index (χ4n) is 2.79. The molecule has 18 heavy (non-hydrogen) atoms. The number of carbonyl (C=O) groups excluding carboxylic acids is 1. The number of carbonyl (C=O) groups is 2. The average molecular weight is 249 g/mol. The fraction of sp³-hybridized carbons (Fsp3) is 0.583. The molecule has 6 nitrogen and oxygen atoms in total. The zero-order chi connectivity index (χ0) is 12.7. The summed E-state index contributed by atoms with van der Waals surface area (Å²) in [6, 6.07) is 0. The van der Waals surface area contributed by atoms with E-state index in [0.29, 0.717) is 12.2 Å². The van der Waals surface area contributed by atoms with Gasteiger partial charge in [0.15, 0.2) is 0 Å². The number of nitrogens with zero attached hydrogens (tertiary/aromatic N) is 3. The van der Waals surface area contributed by atoms with Crippen LogP contribution in [0.3, 0.4) is 0 Å². The lowest BCUT2D eigenvalue weighted by Gasteiger charge is -2.23. The summed E-state index contributed by atoms with van der Waals surface area (Å²) in [4.78, 5) is 24.1. The maximum Gasteiger partial charge on any atom is 0.414 e. The topological polar surface area (TPSA) is 75.4 Å². The van der Waals surface area contributed by atoms with Crippen LogP contribution in [0.1, 0.15) is 41.0 Å². The molecule has 3 rings (SSSR count). The summed E-state index contributed by atoms with van der Waals surface area (Å²) in [7, 11) is 0. The van der Waals surface area contributed by atoms with E-state index >= 15 is 0 Å². The van der Waals surface area contributed by atoms with E-state index < -0.39 is 12.0 Å². The molecule has 0 saturated carbocycles. The lowest BCUT2D eigenvalue weighted by atomic mass is 10.1. The summed E-state index contributed by atoms with van der Waals surface area (Å²) in [5.41, 5.74) is 2.46. The minimum absolute atomic E-state index is 0.196. The van der Waals surface area contributed by atoms with Crippen molar-refractivity contribution in [2.24, 2.45) is 0 Å². The summed E-state index contributed by atoms with van der Waals surface area (Å²) in [6.07, 6.45) is 3.85. The molecule has 1 N–H and O–H groups in total. The van der Waals surface area contributed by atoms with Crippen molar-refractivity contribution in [2.75, 3.05) is 6.54 Å². The number of hydrogen-bond acceptors (Lipinski definition) is 3. The van der Waals surface area contributed by atoms with Crippen LogP contribution in [0.15, 0.2) is 0 Å². The number of hydrogen-bond donors (Lipinski definition) is 1. The van der Waals surface area contributed by atoms with Crippen molar-refractivity contribution in [3.63, 3.8) is 0 Å². The van der Waals surface area contributed by atoms with Crippen molar-refractivity contribution in [3.8, 4) is 0 Å². The van der Waals surface area contributed by atoms with E-state index in [1.807, 2.05) is 0 Å². The summed E-state index contributed by atoms with van der Waals surface area (Å²) in [5, 5.41) is 13.5. The first-order valence-corrected chi connectivity index (χ1v) is 6.32. The second kappa shape index (κ2) is 4.12. The maximum atomic E-state index is 12.2. The molecule has 0 unspecified atom stereocenters. The number of aromatic nitrogens is 2. The van der Waals surface area contributed by atoms with Crippen LogP contribution in [0.4, 0.5) is 4.79 Å². The first kappa shape index (κ1) is 11.3. The smallest absolute Gasteiger partial charge is 0.414 e. The van der Waals surface area contributed by atoms with Gasteiger partial charge in [0.2, 0.25) is 0 Å². The van der Waals surface area contributed by atoms with Gasteiger partial charge in [0.25, 0.3) is 5.91 Å². The van der Waals surface area contributed by atoms with E-state index in [1.54, 1.807) is 4.68 Å². The summed E-state index contributed by atoms with van der Waals surface area (Å²) >= 11 is 0. The third-order valence-electron chi connectivity index (χ3n) is 3.69. The van der Waals surface area contributed by atoms with Crippen LogP contribution < -0.4 is 0 Å². The third kappa shape index (κ3) is 1.60. The highest BCUT2D eigenvalue weighted by Gasteiger charge is 2.34. The lowest BCUT2D eigenvalue weighted by molar-refractivity contribution is 0.0685. The maximum absolute atomic E-state index is 12.2. The van der Waals surface area contributed by atoms with Crippen LogP contribution >= 0.6 is 0 Å². The van der Waals surface area contributed by atoms with Gasteiger partial charge in [-0.05, 0) is 25.7 Å². The molecular formula is C12H15N3O3. The predicted molar refractivity (Wildman–Crippen MR) is 62.5 cm³/mol. The number of aryl methyl sites for hydroxylation is 1. The standard InChI is InChI=1S/C12H15N3O3/c16-11-10-8-4-2-1-3-5-9(8)13-15(10)7-6-14(11)12(17)18/h1-7H2,(H,17,18). The summed E-state index contributed by atoms with van der Waals surface area (Å²) in [5.74, 6) is -0.413. The van der Waals surface area contributed by atoms with Gasteiger partial charge in [0.1, 0.15) is 5.69 Å². The van der Waals surface area contributed by atoms with Crippen LogP contribution in [0.25, 0.3) is 0 Å². The van der Waals surface area contributed by atoms with Crippen molar-refractivity contribution in [2.45, 2.75) is 38.6 Å². The van der Waals surface area contributed by atoms with Gasteiger partial charge in [0, 0.05) is 5.56 Å². The molecule has 6 heteroatoms. The number of carboxylic acid groups (broad SMARTS) is 1. The molecule has 0 fully saturated rings. The monoisotopic (exact) mass is 249 g/mol. The molecule has 1 aromatic rings. The zero-order valence-electron chi connectivity index (χ0n) is 10.1.